The molecule has 0 aliphatic carbocycles. The van der Waals surface area contributed by atoms with Gasteiger partial charge in [0.25, 0.3) is 5.91 Å². The molecule has 2 nitrogen and oxygen atoms in total. The second-order valence-electron chi connectivity index (χ2n) is 5.58. The topological polar surface area (TPSA) is 20.3 Å². The van der Waals surface area contributed by atoms with Crippen molar-refractivity contribution in [2.45, 2.75) is 33.7 Å². The number of hydrogen-bond donors (Lipinski definition) is 0. The SMILES string of the molecule is CC(N(C)C(=O)c1ccc(F)cc1Br)C(C)(C)C. The third-order valence-electron chi connectivity index (χ3n) is 3.32. The predicted octanol–water partition coefficient (Wildman–Crippen LogP) is 4.09. The first-order valence-electron chi connectivity index (χ1n) is 5.87. The van der Waals surface area contributed by atoms with Crippen molar-refractivity contribution in [2.75, 3.05) is 7.05 Å². The van der Waals surface area contributed by atoms with Gasteiger partial charge in [-0.2, -0.15) is 0 Å². The Labute approximate surface area is 116 Å². The lowest BCUT2D eigenvalue weighted by Gasteiger charge is -2.35. The fraction of sp³-hybridized carbons (Fsp3) is 0.500. The normalized spacial score (nSPS) is 13.3. The monoisotopic (exact) mass is 315 g/mol. The van der Waals surface area contributed by atoms with Crippen molar-refractivity contribution < 1.29 is 9.18 Å². The lowest BCUT2D eigenvalue weighted by atomic mass is 9.87. The number of nitrogens with zero attached hydrogens (tertiary/aromatic N) is 1. The first kappa shape index (κ1) is 15.2. The van der Waals surface area contributed by atoms with E-state index in [9.17, 15) is 9.18 Å². The van der Waals surface area contributed by atoms with Gasteiger partial charge in [0.05, 0.1) is 5.56 Å². The summed E-state index contributed by atoms with van der Waals surface area (Å²) in [7, 11) is 1.77. The van der Waals surface area contributed by atoms with E-state index in [4.69, 9.17) is 0 Å². The maximum absolute atomic E-state index is 13.0. The summed E-state index contributed by atoms with van der Waals surface area (Å²) in [6, 6.07) is 4.20. The Morgan fingerprint density at radius 3 is 2.39 bits per heavy atom. The average molecular weight is 316 g/mol. The summed E-state index contributed by atoms with van der Waals surface area (Å²) in [5, 5.41) is 0. The molecule has 1 aromatic carbocycles. The van der Waals surface area contributed by atoms with Crippen LogP contribution in [0.2, 0.25) is 0 Å². The highest BCUT2D eigenvalue weighted by Gasteiger charge is 2.28. The summed E-state index contributed by atoms with van der Waals surface area (Å²) < 4.78 is 13.5. The number of hydrogen-bond acceptors (Lipinski definition) is 1. The van der Waals surface area contributed by atoms with Crippen LogP contribution in [0.15, 0.2) is 22.7 Å². The molecule has 1 aromatic rings. The minimum Gasteiger partial charge on any atom is -0.338 e. The summed E-state index contributed by atoms with van der Waals surface area (Å²) in [6.07, 6.45) is 0. The number of rotatable bonds is 2. The Hall–Kier alpha value is -0.900. The van der Waals surface area contributed by atoms with E-state index in [0.29, 0.717) is 10.0 Å². The average Bonchev–Trinajstić information content (AvgIpc) is 2.25. The molecule has 100 valence electrons. The summed E-state index contributed by atoms with van der Waals surface area (Å²) in [5.41, 5.74) is 0.478. The maximum Gasteiger partial charge on any atom is 0.255 e. The molecule has 0 aliphatic rings. The molecule has 0 aromatic heterocycles. The molecule has 1 atom stereocenters. The molecule has 0 saturated heterocycles. The van der Waals surface area contributed by atoms with Crippen LogP contribution in [0.4, 0.5) is 4.39 Å². The Morgan fingerprint density at radius 1 is 1.39 bits per heavy atom. The second-order valence-corrected chi connectivity index (χ2v) is 6.44. The van der Waals surface area contributed by atoms with E-state index >= 15 is 0 Å². The van der Waals surface area contributed by atoms with E-state index in [0.717, 1.165) is 0 Å². The lowest BCUT2D eigenvalue weighted by Crippen LogP contribution is -2.43. The van der Waals surface area contributed by atoms with Crippen molar-refractivity contribution in [3.05, 3.63) is 34.1 Å². The van der Waals surface area contributed by atoms with Gasteiger partial charge in [0, 0.05) is 17.6 Å². The fourth-order valence-corrected chi connectivity index (χ4v) is 2.13. The summed E-state index contributed by atoms with van der Waals surface area (Å²) >= 11 is 3.23. The number of carbonyl (C=O) groups is 1. The first-order chi connectivity index (χ1) is 8.14. The zero-order valence-corrected chi connectivity index (χ0v) is 13.0. The molecule has 0 N–H and O–H groups in total. The van der Waals surface area contributed by atoms with Gasteiger partial charge in [-0.15, -0.1) is 0 Å². The molecule has 0 aliphatic heterocycles. The molecule has 18 heavy (non-hydrogen) atoms. The van der Waals surface area contributed by atoms with Gasteiger partial charge >= 0.3 is 0 Å². The van der Waals surface area contributed by atoms with Gasteiger partial charge < -0.3 is 4.90 Å². The zero-order valence-electron chi connectivity index (χ0n) is 11.4. The van der Waals surface area contributed by atoms with Crippen LogP contribution in [-0.4, -0.2) is 23.9 Å². The summed E-state index contributed by atoms with van der Waals surface area (Å²) in [6.45, 7) is 8.26. The molecule has 0 fully saturated rings. The smallest absolute Gasteiger partial charge is 0.255 e. The van der Waals surface area contributed by atoms with Crippen LogP contribution in [0.25, 0.3) is 0 Å². The van der Waals surface area contributed by atoms with Crippen molar-refractivity contribution in [3.8, 4) is 0 Å². The van der Waals surface area contributed by atoms with Crippen molar-refractivity contribution in [1.29, 1.82) is 0 Å². The Balaban J connectivity index is 3.00. The van der Waals surface area contributed by atoms with Crippen molar-refractivity contribution in [3.63, 3.8) is 0 Å². The predicted molar refractivity (Wildman–Crippen MR) is 75.1 cm³/mol. The lowest BCUT2D eigenvalue weighted by molar-refractivity contribution is 0.0628. The van der Waals surface area contributed by atoms with Crippen molar-refractivity contribution >= 4 is 21.8 Å². The number of benzene rings is 1. The molecule has 0 spiro atoms. The number of halogens is 2. The van der Waals surface area contributed by atoms with E-state index in [1.54, 1.807) is 11.9 Å². The minimum absolute atomic E-state index is 0.00306. The van der Waals surface area contributed by atoms with Crippen molar-refractivity contribution in [1.82, 2.24) is 4.90 Å². The number of carbonyl (C=O) groups excluding carboxylic acids is 1. The van der Waals surface area contributed by atoms with Crippen LogP contribution in [0.3, 0.4) is 0 Å². The third-order valence-corrected chi connectivity index (χ3v) is 3.97. The molecular formula is C14H19BrFNO. The van der Waals surface area contributed by atoms with Gasteiger partial charge in [-0.1, -0.05) is 20.8 Å². The second kappa shape index (κ2) is 5.39. The molecular weight excluding hydrogens is 297 g/mol. The Kier molecular flexibility index (Phi) is 4.54. The van der Waals surface area contributed by atoms with Gasteiger partial charge in [-0.25, -0.2) is 4.39 Å². The highest BCUT2D eigenvalue weighted by atomic mass is 79.9. The summed E-state index contributed by atoms with van der Waals surface area (Å²) in [4.78, 5) is 14.0. The van der Waals surface area contributed by atoms with Gasteiger partial charge in [-0.05, 0) is 46.5 Å². The fourth-order valence-electron chi connectivity index (χ4n) is 1.61. The Morgan fingerprint density at radius 2 is 1.94 bits per heavy atom. The van der Waals surface area contributed by atoms with Gasteiger partial charge in [-0.3, -0.25) is 4.79 Å². The van der Waals surface area contributed by atoms with Crippen LogP contribution in [0.5, 0.6) is 0 Å². The van der Waals surface area contributed by atoms with Crippen LogP contribution in [-0.2, 0) is 0 Å². The molecule has 0 bridgehead atoms. The van der Waals surface area contributed by atoms with Crippen LogP contribution >= 0.6 is 15.9 Å². The molecule has 0 heterocycles. The van der Waals surface area contributed by atoms with Crippen LogP contribution < -0.4 is 0 Å². The zero-order chi connectivity index (χ0) is 14.1. The first-order valence-corrected chi connectivity index (χ1v) is 6.66. The molecule has 4 heteroatoms. The van der Waals surface area contributed by atoms with E-state index in [2.05, 4.69) is 36.7 Å². The molecule has 0 saturated carbocycles. The van der Waals surface area contributed by atoms with Gasteiger partial charge in [0.1, 0.15) is 5.82 Å². The molecule has 1 rings (SSSR count). The quantitative estimate of drug-likeness (QED) is 0.804. The molecule has 1 unspecified atom stereocenters. The van der Waals surface area contributed by atoms with E-state index < -0.39 is 0 Å². The Bertz CT molecular complexity index is 454. The molecule has 1 amide bonds. The van der Waals surface area contributed by atoms with Crippen LogP contribution in [0.1, 0.15) is 38.1 Å². The van der Waals surface area contributed by atoms with E-state index in [-0.39, 0.29) is 23.2 Å². The maximum atomic E-state index is 13.0. The van der Waals surface area contributed by atoms with Gasteiger partial charge in [0.15, 0.2) is 0 Å². The van der Waals surface area contributed by atoms with E-state index in [1.165, 1.54) is 18.2 Å². The summed E-state index contributed by atoms with van der Waals surface area (Å²) in [5.74, 6) is -0.464. The molecule has 0 radical (unpaired) electrons. The van der Waals surface area contributed by atoms with Crippen molar-refractivity contribution in [2.24, 2.45) is 5.41 Å². The highest BCUT2D eigenvalue weighted by molar-refractivity contribution is 9.10. The van der Waals surface area contributed by atoms with Crippen LogP contribution in [0, 0.1) is 11.2 Å². The van der Waals surface area contributed by atoms with Gasteiger partial charge in [0.2, 0.25) is 0 Å². The van der Waals surface area contributed by atoms with E-state index in [1.807, 2.05) is 6.92 Å². The minimum atomic E-state index is -0.357. The standard InChI is InChI=1S/C14H19BrFNO/c1-9(14(2,3)4)17(5)13(18)11-7-6-10(16)8-12(11)15/h6-9H,1-5H3. The highest BCUT2D eigenvalue weighted by Crippen LogP contribution is 2.26. The number of amides is 1. The third kappa shape index (κ3) is 3.31. The largest absolute Gasteiger partial charge is 0.338 e.